The second-order valence-electron chi connectivity index (χ2n) is 7.06. The molecule has 0 amide bonds. The van der Waals surface area contributed by atoms with Gasteiger partial charge in [-0.05, 0) is 34.5 Å². The molecule has 0 atom stereocenters. The number of nitriles is 1. The van der Waals surface area contributed by atoms with Crippen molar-refractivity contribution in [3.8, 4) is 11.8 Å². The zero-order chi connectivity index (χ0) is 22.5. The van der Waals surface area contributed by atoms with E-state index in [-0.39, 0.29) is 12.3 Å². The Morgan fingerprint density at radius 1 is 1.03 bits per heavy atom. The summed E-state index contributed by atoms with van der Waals surface area (Å²) in [6.45, 7) is 0.148. The molecule has 0 unspecified atom stereocenters. The van der Waals surface area contributed by atoms with Gasteiger partial charge in [0.05, 0.1) is 16.6 Å². The SMILES string of the molecule is N#CC(=Cc1c(OCc2cccc([N+](=O)[O-])c2)ccc2ccccc12)c1ccccc1Cl. The third kappa shape index (κ3) is 4.46. The lowest BCUT2D eigenvalue weighted by Gasteiger charge is -2.13. The molecule has 4 aromatic carbocycles. The van der Waals surface area contributed by atoms with Gasteiger partial charge < -0.3 is 4.74 Å². The second-order valence-corrected chi connectivity index (χ2v) is 7.47. The maximum Gasteiger partial charge on any atom is 0.269 e. The first-order valence-electron chi connectivity index (χ1n) is 9.81. The first kappa shape index (κ1) is 21.1. The summed E-state index contributed by atoms with van der Waals surface area (Å²) in [6.07, 6.45) is 1.77. The first-order valence-corrected chi connectivity index (χ1v) is 10.2. The number of hydrogen-bond acceptors (Lipinski definition) is 4. The molecule has 156 valence electrons. The van der Waals surface area contributed by atoms with Gasteiger partial charge in [0.25, 0.3) is 5.69 Å². The minimum atomic E-state index is -0.434. The number of ether oxygens (including phenoxy) is 1. The normalized spacial score (nSPS) is 11.2. The Labute approximate surface area is 189 Å². The molecule has 0 saturated carbocycles. The van der Waals surface area contributed by atoms with E-state index in [0.717, 1.165) is 16.3 Å². The van der Waals surface area contributed by atoms with E-state index in [0.29, 0.717) is 27.5 Å². The molecule has 4 aromatic rings. The van der Waals surface area contributed by atoms with E-state index >= 15 is 0 Å². The molecule has 0 radical (unpaired) electrons. The van der Waals surface area contributed by atoms with Crippen LogP contribution < -0.4 is 4.74 Å². The van der Waals surface area contributed by atoms with Crippen LogP contribution in [0.4, 0.5) is 5.69 Å². The number of allylic oxidation sites excluding steroid dienone is 1. The van der Waals surface area contributed by atoms with Gasteiger partial charge in [-0.3, -0.25) is 10.1 Å². The molecule has 0 N–H and O–H groups in total. The van der Waals surface area contributed by atoms with Crippen LogP contribution in [0.2, 0.25) is 5.02 Å². The number of hydrogen-bond donors (Lipinski definition) is 0. The Bertz CT molecular complexity index is 1390. The highest BCUT2D eigenvalue weighted by molar-refractivity contribution is 6.32. The van der Waals surface area contributed by atoms with Crippen LogP contribution >= 0.6 is 11.6 Å². The number of rotatable bonds is 6. The summed E-state index contributed by atoms with van der Waals surface area (Å²) >= 11 is 6.33. The highest BCUT2D eigenvalue weighted by Crippen LogP contribution is 2.34. The van der Waals surface area contributed by atoms with Gasteiger partial charge in [-0.15, -0.1) is 0 Å². The molecule has 0 heterocycles. The van der Waals surface area contributed by atoms with Crippen LogP contribution in [-0.2, 0) is 6.61 Å². The van der Waals surface area contributed by atoms with Crippen LogP contribution in [-0.4, -0.2) is 4.92 Å². The molecule has 4 rings (SSSR count). The lowest BCUT2D eigenvalue weighted by atomic mass is 9.98. The van der Waals surface area contributed by atoms with E-state index in [1.807, 2.05) is 48.5 Å². The predicted molar refractivity (Wildman–Crippen MR) is 126 cm³/mol. The van der Waals surface area contributed by atoms with E-state index in [9.17, 15) is 15.4 Å². The van der Waals surface area contributed by atoms with Gasteiger partial charge in [0.1, 0.15) is 12.4 Å². The van der Waals surface area contributed by atoms with Crippen molar-refractivity contribution in [3.63, 3.8) is 0 Å². The van der Waals surface area contributed by atoms with Gasteiger partial charge in [0.2, 0.25) is 0 Å². The molecular weight excluding hydrogens is 424 g/mol. The van der Waals surface area contributed by atoms with E-state index in [1.165, 1.54) is 12.1 Å². The minimum Gasteiger partial charge on any atom is -0.488 e. The van der Waals surface area contributed by atoms with Crippen molar-refractivity contribution in [3.05, 3.63) is 117 Å². The van der Waals surface area contributed by atoms with Crippen LogP contribution in [0.25, 0.3) is 22.4 Å². The number of benzene rings is 4. The number of fused-ring (bicyclic) bond motifs is 1. The van der Waals surface area contributed by atoms with E-state index in [1.54, 1.807) is 30.3 Å². The summed E-state index contributed by atoms with van der Waals surface area (Å²) in [5.74, 6) is 0.565. The van der Waals surface area contributed by atoms with Gasteiger partial charge >= 0.3 is 0 Å². The minimum absolute atomic E-state index is 0.00946. The van der Waals surface area contributed by atoms with E-state index in [4.69, 9.17) is 16.3 Å². The zero-order valence-electron chi connectivity index (χ0n) is 16.9. The van der Waals surface area contributed by atoms with Gasteiger partial charge in [-0.25, -0.2) is 0 Å². The van der Waals surface area contributed by atoms with Crippen LogP contribution in [0.5, 0.6) is 5.75 Å². The fourth-order valence-corrected chi connectivity index (χ4v) is 3.70. The summed E-state index contributed by atoms with van der Waals surface area (Å²) in [7, 11) is 0. The fraction of sp³-hybridized carbons (Fsp3) is 0.0385. The molecule has 0 aliphatic heterocycles. The Morgan fingerprint density at radius 3 is 2.59 bits per heavy atom. The summed E-state index contributed by atoms with van der Waals surface area (Å²) < 4.78 is 6.07. The smallest absolute Gasteiger partial charge is 0.269 e. The summed E-state index contributed by atoms with van der Waals surface area (Å²) in [4.78, 5) is 10.6. The maximum absolute atomic E-state index is 11.1. The Hall–Kier alpha value is -4.14. The number of nitro benzene ring substituents is 1. The highest BCUT2D eigenvalue weighted by atomic mass is 35.5. The molecule has 0 saturated heterocycles. The molecule has 6 heteroatoms. The topological polar surface area (TPSA) is 76.2 Å². The second kappa shape index (κ2) is 9.34. The molecule has 5 nitrogen and oxygen atoms in total. The van der Waals surface area contributed by atoms with Crippen LogP contribution in [0.15, 0.2) is 84.9 Å². The van der Waals surface area contributed by atoms with Crippen molar-refractivity contribution in [2.45, 2.75) is 6.61 Å². The van der Waals surface area contributed by atoms with Crippen molar-refractivity contribution in [1.29, 1.82) is 5.26 Å². The van der Waals surface area contributed by atoms with Gasteiger partial charge in [-0.1, -0.05) is 72.3 Å². The Balaban J connectivity index is 1.78. The molecule has 0 aliphatic carbocycles. The van der Waals surface area contributed by atoms with Crippen LogP contribution in [0.3, 0.4) is 0 Å². The van der Waals surface area contributed by atoms with Gasteiger partial charge in [0, 0.05) is 28.3 Å². The number of nitrogens with zero attached hydrogens (tertiary/aromatic N) is 2. The van der Waals surface area contributed by atoms with Gasteiger partial charge in [-0.2, -0.15) is 5.26 Å². The fourth-order valence-electron chi connectivity index (χ4n) is 3.47. The summed E-state index contributed by atoms with van der Waals surface area (Å²) in [5, 5.41) is 23.3. The van der Waals surface area contributed by atoms with Crippen molar-refractivity contribution in [1.82, 2.24) is 0 Å². The number of non-ortho nitro benzene ring substituents is 1. The first-order chi connectivity index (χ1) is 15.6. The van der Waals surface area contributed by atoms with Crippen LogP contribution in [0.1, 0.15) is 16.7 Å². The molecular formula is C26H17ClN2O3. The number of halogens is 1. The molecule has 0 fully saturated rings. The van der Waals surface area contributed by atoms with Crippen molar-refractivity contribution in [2.24, 2.45) is 0 Å². The standard InChI is InChI=1S/C26H17ClN2O3/c27-25-11-4-3-10-23(25)20(16-28)15-24-22-9-2-1-7-19(22)12-13-26(24)32-17-18-6-5-8-21(14-18)29(30)31/h1-15H,17H2. The largest absolute Gasteiger partial charge is 0.488 e. The Morgan fingerprint density at radius 2 is 1.81 bits per heavy atom. The zero-order valence-corrected chi connectivity index (χ0v) is 17.6. The third-order valence-corrected chi connectivity index (χ3v) is 5.35. The number of nitro groups is 1. The summed E-state index contributed by atoms with van der Waals surface area (Å²) in [5.41, 5.74) is 2.47. The quantitative estimate of drug-likeness (QED) is 0.139. The molecule has 0 bridgehead atoms. The molecule has 32 heavy (non-hydrogen) atoms. The van der Waals surface area contributed by atoms with E-state index < -0.39 is 4.92 Å². The molecule has 0 aliphatic rings. The maximum atomic E-state index is 11.1. The average Bonchev–Trinajstić information content (AvgIpc) is 2.82. The third-order valence-electron chi connectivity index (χ3n) is 5.02. The van der Waals surface area contributed by atoms with Crippen LogP contribution in [0, 0.1) is 21.4 Å². The van der Waals surface area contributed by atoms with Crippen molar-refractivity contribution in [2.75, 3.05) is 0 Å². The monoisotopic (exact) mass is 440 g/mol. The lowest BCUT2D eigenvalue weighted by Crippen LogP contribution is -1.99. The Kier molecular flexibility index (Phi) is 6.16. The highest BCUT2D eigenvalue weighted by Gasteiger charge is 2.12. The van der Waals surface area contributed by atoms with Crippen molar-refractivity contribution < 1.29 is 9.66 Å². The van der Waals surface area contributed by atoms with E-state index in [2.05, 4.69) is 6.07 Å². The predicted octanol–water partition coefficient (Wildman–Crippen LogP) is 7.04. The average molecular weight is 441 g/mol. The molecule has 0 spiro atoms. The lowest BCUT2D eigenvalue weighted by molar-refractivity contribution is -0.384. The van der Waals surface area contributed by atoms with Gasteiger partial charge in [0.15, 0.2) is 0 Å². The van der Waals surface area contributed by atoms with Crippen molar-refractivity contribution >= 4 is 39.7 Å². The summed E-state index contributed by atoms with van der Waals surface area (Å²) in [6, 6.07) is 27.3. The molecule has 0 aromatic heterocycles.